The third kappa shape index (κ3) is 5.15. The molecule has 0 spiro atoms. The van der Waals surface area contributed by atoms with Crippen molar-refractivity contribution in [1.82, 2.24) is 14.9 Å². The first kappa shape index (κ1) is 22.2. The molecule has 1 aromatic carbocycles. The van der Waals surface area contributed by atoms with Crippen molar-refractivity contribution in [3.8, 4) is 0 Å². The van der Waals surface area contributed by atoms with Crippen LogP contribution in [0.4, 0.5) is 24.7 Å². The lowest BCUT2D eigenvalue weighted by Crippen LogP contribution is -2.37. The van der Waals surface area contributed by atoms with E-state index in [4.69, 9.17) is 28.8 Å². The Kier molecular flexibility index (Phi) is 6.20. The summed E-state index contributed by atoms with van der Waals surface area (Å²) in [5.41, 5.74) is 16.9. The molecule has 0 aliphatic carbocycles. The minimum Gasteiger partial charge on any atom is -0.403 e. The lowest BCUT2D eigenvalue weighted by Gasteiger charge is -2.15. The van der Waals surface area contributed by atoms with Gasteiger partial charge in [0.05, 0.1) is 24.3 Å². The Balaban J connectivity index is 1.81. The van der Waals surface area contributed by atoms with Crippen LogP contribution in [0.5, 0.6) is 0 Å². The number of nitrogens with two attached hydrogens (primary N) is 3. The van der Waals surface area contributed by atoms with Crippen LogP contribution in [-0.4, -0.2) is 26.6 Å². The summed E-state index contributed by atoms with van der Waals surface area (Å²) in [5, 5.41) is 2.87. The van der Waals surface area contributed by atoms with E-state index in [1.54, 1.807) is 0 Å². The second kappa shape index (κ2) is 8.68. The van der Waals surface area contributed by atoms with Gasteiger partial charge in [-0.15, -0.1) is 0 Å². The quantitative estimate of drug-likeness (QED) is 0.239. The number of amides is 1. The summed E-state index contributed by atoms with van der Waals surface area (Å²) in [4.78, 5) is 25.8. The lowest BCUT2D eigenvalue weighted by molar-refractivity contribution is -0.137. The number of nitrogen functional groups attached to an aromatic ring is 1. The van der Waals surface area contributed by atoms with Gasteiger partial charge in [-0.1, -0.05) is 0 Å². The highest BCUT2D eigenvalue weighted by atomic mass is 35.5. The molecule has 0 saturated heterocycles. The normalized spacial score (nSPS) is 14.2. The summed E-state index contributed by atoms with van der Waals surface area (Å²) >= 11 is 5.97. The average Bonchev–Trinajstić information content (AvgIpc) is 3.12. The van der Waals surface area contributed by atoms with Crippen molar-refractivity contribution < 1.29 is 18.0 Å². The maximum absolute atomic E-state index is 13.0. The molecule has 0 saturated carbocycles. The number of hydrogen-bond donors (Lipinski definition) is 4. The van der Waals surface area contributed by atoms with Gasteiger partial charge in [-0.05, 0) is 35.4 Å². The average molecular weight is 455 g/mol. The van der Waals surface area contributed by atoms with Crippen LogP contribution >= 0.6 is 11.6 Å². The highest BCUT2D eigenvalue weighted by Crippen LogP contribution is 2.32. The van der Waals surface area contributed by atoms with Gasteiger partial charge < -0.3 is 27.4 Å². The van der Waals surface area contributed by atoms with Crippen molar-refractivity contribution in [2.45, 2.75) is 25.8 Å². The van der Waals surface area contributed by atoms with Crippen molar-refractivity contribution in [2.24, 2.45) is 16.5 Å². The van der Waals surface area contributed by atoms with Gasteiger partial charge in [-0.3, -0.25) is 4.79 Å². The number of fused-ring (bicyclic) bond motifs is 1. The summed E-state index contributed by atoms with van der Waals surface area (Å²) in [5.74, 6) is -0.509. The molecule has 3 rings (SSSR count). The minimum atomic E-state index is -4.52. The zero-order chi connectivity index (χ0) is 22.8. The molecule has 1 aromatic heterocycles. The predicted octanol–water partition coefficient (Wildman–Crippen LogP) is 1.97. The zero-order valence-electron chi connectivity index (χ0n) is 15.9. The van der Waals surface area contributed by atoms with Crippen LogP contribution in [0, 0.1) is 0 Å². The van der Waals surface area contributed by atoms with Crippen LogP contribution in [-0.2, 0) is 30.6 Å². The van der Waals surface area contributed by atoms with Crippen molar-refractivity contribution in [1.29, 1.82) is 0 Å². The number of benzene rings is 1. The maximum atomic E-state index is 13.0. The van der Waals surface area contributed by atoms with E-state index in [1.165, 1.54) is 17.2 Å². The van der Waals surface area contributed by atoms with Gasteiger partial charge in [0.2, 0.25) is 5.28 Å². The van der Waals surface area contributed by atoms with Crippen LogP contribution in [0.15, 0.2) is 35.6 Å². The van der Waals surface area contributed by atoms with Gasteiger partial charge in [-0.2, -0.15) is 13.2 Å². The molecular formula is C18H18ClF3N8O. The van der Waals surface area contributed by atoms with Gasteiger partial charge in [-0.25, -0.2) is 15.0 Å². The Morgan fingerprint density at radius 3 is 2.71 bits per heavy atom. The van der Waals surface area contributed by atoms with E-state index >= 15 is 0 Å². The molecule has 0 bridgehead atoms. The molecule has 164 valence electrons. The molecule has 1 aliphatic heterocycles. The minimum absolute atomic E-state index is 0.00720. The molecule has 2 aromatic rings. The molecule has 9 nitrogen and oxygen atoms in total. The third-order valence-corrected chi connectivity index (χ3v) is 4.53. The number of alkyl halides is 3. The molecular weight excluding hydrogens is 437 g/mol. The summed E-state index contributed by atoms with van der Waals surface area (Å²) in [6.07, 6.45) is -2.21. The Morgan fingerprint density at radius 1 is 1.29 bits per heavy atom. The number of carbonyl (C=O) groups is 1. The largest absolute Gasteiger partial charge is 0.416 e. The van der Waals surface area contributed by atoms with Crippen LogP contribution in [0.2, 0.25) is 5.28 Å². The first-order valence-corrected chi connectivity index (χ1v) is 9.21. The molecule has 1 aliphatic rings. The van der Waals surface area contributed by atoms with E-state index in [0.717, 1.165) is 18.3 Å². The lowest BCUT2D eigenvalue weighted by atomic mass is 10.1. The summed E-state index contributed by atoms with van der Waals surface area (Å²) in [7, 11) is 0. The topological polar surface area (TPSA) is 149 Å². The van der Waals surface area contributed by atoms with Crippen molar-refractivity contribution in [3.05, 3.63) is 58.3 Å². The number of amidine groups is 1. The number of halogens is 4. The molecule has 7 N–H and O–H groups in total. The highest BCUT2D eigenvalue weighted by molar-refractivity contribution is 6.37. The van der Waals surface area contributed by atoms with E-state index in [9.17, 15) is 18.0 Å². The fourth-order valence-electron chi connectivity index (χ4n) is 3.02. The summed E-state index contributed by atoms with van der Waals surface area (Å²) in [6.45, 7) is 0.220. The van der Waals surface area contributed by atoms with Crippen LogP contribution in [0.3, 0.4) is 0 Å². The highest BCUT2D eigenvalue weighted by Gasteiger charge is 2.32. The molecule has 2 heterocycles. The zero-order valence-corrected chi connectivity index (χ0v) is 16.7. The molecule has 0 atom stereocenters. The van der Waals surface area contributed by atoms with Crippen LogP contribution in [0.25, 0.3) is 0 Å². The van der Waals surface area contributed by atoms with E-state index in [2.05, 4.69) is 20.3 Å². The fourth-order valence-corrected chi connectivity index (χ4v) is 3.21. The predicted molar refractivity (Wildman–Crippen MR) is 109 cm³/mol. The number of nitrogens with one attached hydrogen (secondary N) is 1. The van der Waals surface area contributed by atoms with Gasteiger partial charge in [0.25, 0.3) is 5.91 Å². The van der Waals surface area contributed by atoms with Gasteiger partial charge in [0, 0.05) is 30.2 Å². The van der Waals surface area contributed by atoms with E-state index < -0.39 is 17.6 Å². The third-order valence-electron chi connectivity index (χ3n) is 4.36. The van der Waals surface area contributed by atoms with Crippen LogP contribution < -0.4 is 22.5 Å². The Bertz CT molecular complexity index is 1070. The van der Waals surface area contributed by atoms with Gasteiger partial charge >= 0.3 is 6.18 Å². The van der Waals surface area contributed by atoms with E-state index in [0.29, 0.717) is 22.6 Å². The number of carbonyl (C=O) groups excluding carboxylic acids is 1. The Morgan fingerprint density at radius 2 is 2.03 bits per heavy atom. The number of anilines is 2. The maximum Gasteiger partial charge on any atom is 0.416 e. The Labute approximate surface area is 179 Å². The number of rotatable bonds is 4. The molecule has 1 amide bonds. The number of aromatic nitrogens is 2. The summed E-state index contributed by atoms with van der Waals surface area (Å²) < 4.78 is 39.1. The second-order valence-electron chi connectivity index (χ2n) is 6.60. The molecule has 0 radical (unpaired) electrons. The molecule has 0 unspecified atom stereocenters. The number of nitrogens with zero attached hydrogens (tertiary/aromatic N) is 4. The fraction of sp³-hybridized carbons (Fsp3) is 0.222. The standard InChI is InChI=1S/C18H18ClF3N8O/c19-17-28-13-8-30(16(31)14(25)26-2-1-23)7-12(13)15(29-17)27-6-9-3-10(18(20,21)22)5-11(24)4-9/h1-5H,6-8,23-24H2,(H2,25,26)(H,27,28,29)/b2-1-. The number of aliphatic imine (C=N–C) groups is 1. The van der Waals surface area contributed by atoms with E-state index in [-0.39, 0.29) is 36.4 Å². The van der Waals surface area contributed by atoms with Crippen molar-refractivity contribution >= 4 is 34.8 Å². The second-order valence-corrected chi connectivity index (χ2v) is 6.94. The first-order valence-electron chi connectivity index (χ1n) is 8.83. The summed E-state index contributed by atoms with van der Waals surface area (Å²) in [6, 6.07) is 3.27. The van der Waals surface area contributed by atoms with Crippen molar-refractivity contribution in [2.75, 3.05) is 11.1 Å². The first-order chi connectivity index (χ1) is 14.6. The smallest absolute Gasteiger partial charge is 0.403 e. The van der Waals surface area contributed by atoms with Gasteiger partial charge in [0.1, 0.15) is 5.82 Å². The molecule has 31 heavy (non-hydrogen) atoms. The molecule has 13 heteroatoms. The number of hydrogen-bond acceptors (Lipinski definition) is 7. The monoisotopic (exact) mass is 454 g/mol. The van der Waals surface area contributed by atoms with E-state index in [1.807, 2.05) is 0 Å². The van der Waals surface area contributed by atoms with Crippen LogP contribution in [0.1, 0.15) is 22.4 Å². The molecule has 0 fully saturated rings. The SMILES string of the molecule is N/C=C\N=C(N)C(=O)N1Cc2nc(Cl)nc(NCc3cc(N)cc(C(F)(F)F)c3)c2C1. The Hall–Kier alpha value is -3.54. The van der Waals surface area contributed by atoms with Gasteiger partial charge in [0.15, 0.2) is 5.84 Å². The van der Waals surface area contributed by atoms with Crippen molar-refractivity contribution in [3.63, 3.8) is 0 Å².